The number of carbonyl (C=O) groups is 1. The molecule has 10 heteroatoms. The topological polar surface area (TPSA) is 113 Å². The van der Waals surface area contributed by atoms with E-state index in [2.05, 4.69) is 10.6 Å². The van der Waals surface area contributed by atoms with Gasteiger partial charge in [-0.25, -0.2) is 4.79 Å². The van der Waals surface area contributed by atoms with Gasteiger partial charge in [0.25, 0.3) is 0 Å². The predicted octanol–water partition coefficient (Wildman–Crippen LogP) is 0.360. The zero-order chi connectivity index (χ0) is 19.4. The van der Waals surface area contributed by atoms with E-state index in [1.54, 1.807) is 20.8 Å². The molecule has 4 fully saturated rings. The van der Waals surface area contributed by atoms with Gasteiger partial charge in [0.15, 0.2) is 16.6 Å². The van der Waals surface area contributed by atoms with Crippen LogP contribution in [0.25, 0.3) is 0 Å². The molecule has 4 saturated heterocycles. The summed E-state index contributed by atoms with van der Waals surface area (Å²) >= 11 is 4.97. The van der Waals surface area contributed by atoms with E-state index >= 15 is 0 Å². The number of rotatable bonds is 3. The molecular weight excluding hydrogens is 362 g/mol. The Morgan fingerprint density at radius 3 is 2.42 bits per heavy atom. The van der Waals surface area contributed by atoms with Crippen molar-refractivity contribution in [2.45, 2.75) is 69.5 Å². The molecule has 0 radical (unpaired) electrons. The van der Waals surface area contributed by atoms with Crippen molar-refractivity contribution in [3.05, 3.63) is 0 Å². The summed E-state index contributed by atoms with van der Waals surface area (Å²) in [6.07, 6.45) is -1.51. The summed E-state index contributed by atoms with van der Waals surface area (Å²) in [4.78, 5) is 12.1. The Hall–Kier alpha value is -1.20. The molecule has 4 aliphatic rings. The molecule has 2 bridgehead atoms. The van der Waals surface area contributed by atoms with E-state index in [9.17, 15) is 4.79 Å². The molecule has 0 aromatic carbocycles. The van der Waals surface area contributed by atoms with Crippen molar-refractivity contribution in [1.82, 2.24) is 10.6 Å². The number of hydrogen-bond acceptors (Lipinski definition) is 7. The summed E-state index contributed by atoms with van der Waals surface area (Å²) in [5, 5.41) is 5.78. The van der Waals surface area contributed by atoms with Gasteiger partial charge in [0.2, 0.25) is 0 Å². The number of thiocarbonyl (C=S) groups is 1. The Labute approximate surface area is 158 Å². The highest BCUT2D eigenvalue weighted by atomic mass is 32.1. The van der Waals surface area contributed by atoms with E-state index < -0.39 is 41.0 Å². The van der Waals surface area contributed by atoms with Crippen LogP contribution in [0.3, 0.4) is 0 Å². The molecule has 4 aliphatic heterocycles. The van der Waals surface area contributed by atoms with Gasteiger partial charge in [-0.05, 0) is 46.8 Å². The summed E-state index contributed by atoms with van der Waals surface area (Å²) in [5.74, 6) is -0.836. The molecule has 0 aromatic rings. The lowest BCUT2D eigenvalue weighted by molar-refractivity contribution is -0.333. The SMILES string of the molecule is CC(C)(C)OC(=O)NCC12COC(NC(N)=S)(CO1)[C@H]1OC(C)(C)O[C@H]12. The maximum atomic E-state index is 12.1. The highest BCUT2D eigenvalue weighted by Crippen LogP contribution is 2.48. The summed E-state index contributed by atoms with van der Waals surface area (Å²) in [5.41, 5.74) is 3.16. The summed E-state index contributed by atoms with van der Waals surface area (Å²) in [6, 6.07) is 0. The zero-order valence-electron chi connectivity index (χ0n) is 15.7. The summed E-state index contributed by atoms with van der Waals surface area (Å²) < 4.78 is 29.5. The van der Waals surface area contributed by atoms with Crippen LogP contribution in [-0.2, 0) is 23.7 Å². The average Bonchev–Trinajstić information content (AvgIpc) is 2.82. The van der Waals surface area contributed by atoms with Crippen LogP contribution in [0, 0.1) is 0 Å². The van der Waals surface area contributed by atoms with E-state index in [1.165, 1.54) is 0 Å². The lowest BCUT2D eigenvalue weighted by atomic mass is 9.81. The van der Waals surface area contributed by atoms with Gasteiger partial charge in [-0.1, -0.05) is 0 Å². The minimum atomic E-state index is -1.02. The predicted molar refractivity (Wildman–Crippen MR) is 95.3 cm³/mol. The number of alkyl carbamates (subject to hydrolysis) is 1. The minimum Gasteiger partial charge on any atom is -0.444 e. The second-order valence-corrected chi connectivity index (χ2v) is 8.79. The van der Waals surface area contributed by atoms with Crippen LogP contribution in [-0.4, -0.2) is 65.9 Å². The molecule has 2 unspecified atom stereocenters. The number of fused-ring (bicyclic) bond motifs is 2. The molecule has 4 heterocycles. The van der Waals surface area contributed by atoms with Crippen molar-refractivity contribution in [2.24, 2.45) is 5.73 Å². The molecule has 4 N–H and O–H groups in total. The first-order valence-corrected chi connectivity index (χ1v) is 8.95. The highest BCUT2D eigenvalue weighted by Gasteiger charge is 2.69. The Bertz CT molecular complexity index is 597. The molecular formula is C16H27N3O6S. The number of amides is 1. The van der Waals surface area contributed by atoms with Gasteiger partial charge in [-0.3, -0.25) is 0 Å². The van der Waals surface area contributed by atoms with Crippen molar-refractivity contribution in [2.75, 3.05) is 19.8 Å². The molecule has 1 amide bonds. The van der Waals surface area contributed by atoms with Crippen LogP contribution < -0.4 is 16.4 Å². The third kappa shape index (κ3) is 3.61. The molecule has 148 valence electrons. The van der Waals surface area contributed by atoms with Gasteiger partial charge in [-0.2, -0.15) is 0 Å². The highest BCUT2D eigenvalue weighted by molar-refractivity contribution is 7.80. The lowest BCUT2D eigenvalue weighted by Crippen LogP contribution is -2.80. The lowest BCUT2D eigenvalue weighted by Gasteiger charge is -2.57. The Kier molecular flexibility index (Phi) is 4.64. The summed E-state index contributed by atoms with van der Waals surface area (Å²) in [7, 11) is 0. The van der Waals surface area contributed by atoms with Crippen molar-refractivity contribution in [3.63, 3.8) is 0 Å². The smallest absolute Gasteiger partial charge is 0.407 e. The van der Waals surface area contributed by atoms with E-state index in [-0.39, 0.29) is 24.9 Å². The fourth-order valence-corrected chi connectivity index (χ4v) is 3.66. The van der Waals surface area contributed by atoms with Gasteiger partial charge in [0, 0.05) is 0 Å². The van der Waals surface area contributed by atoms with Gasteiger partial charge in [0.05, 0.1) is 19.8 Å². The first kappa shape index (κ1) is 19.6. The van der Waals surface area contributed by atoms with Crippen molar-refractivity contribution in [1.29, 1.82) is 0 Å². The fraction of sp³-hybridized carbons (Fsp3) is 0.875. The van der Waals surface area contributed by atoms with Crippen LogP contribution >= 0.6 is 12.2 Å². The first-order valence-electron chi connectivity index (χ1n) is 8.55. The number of nitrogens with one attached hydrogen (secondary N) is 2. The zero-order valence-corrected chi connectivity index (χ0v) is 16.5. The summed E-state index contributed by atoms with van der Waals surface area (Å²) in [6.45, 7) is 9.52. The third-order valence-electron chi connectivity index (χ3n) is 4.49. The van der Waals surface area contributed by atoms with Crippen LogP contribution in [0.5, 0.6) is 0 Å². The first-order chi connectivity index (χ1) is 11.9. The Morgan fingerprint density at radius 1 is 1.23 bits per heavy atom. The van der Waals surface area contributed by atoms with E-state index in [1.807, 2.05) is 13.8 Å². The molecule has 4 atom stereocenters. The van der Waals surface area contributed by atoms with Crippen molar-refractivity contribution < 1.29 is 28.5 Å². The molecule has 0 saturated carbocycles. The average molecular weight is 389 g/mol. The van der Waals surface area contributed by atoms with E-state index in [4.69, 9.17) is 41.6 Å². The number of hydrogen-bond donors (Lipinski definition) is 3. The minimum absolute atomic E-state index is 0.0851. The number of nitrogens with two attached hydrogens (primary N) is 1. The quantitative estimate of drug-likeness (QED) is 0.589. The number of ether oxygens (including phenoxy) is 5. The molecule has 0 aliphatic carbocycles. The maximum absolute atomic E-state index is 12.1. The molecule has 26 heavy (non-hydrogen) atoms. The third-order valence-corrected chi connectivity index (χ3v) is 4.59. The van der Waals surface area contributed by atoms with Gasteiger partial charge >= 0.3 is 6.09 Å². The van der Waals surface area contributed by atoms with Crippen LogP contribution in [0.2, 0.25) is 0 Å². The van der Waals surface area contributed by atoms with Crippen molar-refractivity contribution >= 4 is 23.4 Å². The van der Waals surface area contributed by atoms with Crippen molar-refractivity contribution in [3.8, 4) is 0 Å². The Balaban J connectivity index is 1.77. The normalized spacial score (nSPS) is 37.7. The second-order valence-electron chi connectivity index (χ2n) is 8.35. The van der Waals surface area contributed by atoms with Gasteiger partial charge in [0.1, 0.15) is 23.4 Å². The maximum Gasteiger partial charge on any atom is 0.407 e. The second kappa shape index (κ2) is 6.16. The molecule has 0 aromatic heterocycles. The van der Waals surface area contributed by atoms with E-state index in [0.29, 0.717) is 0 Å². The van der Waals surface area contributed by atoms with Crippen LogP contribution in [0.4, 0.5) is 4.79 Å². The van der Waals surface area contributed by atoms with Crippen LogP contribution in [0.1, 0.15) is 34.6 Å². The van der Waals surface area contributed by atoms with Gasteiger partial charge in [-0.15, -0.1) is 0 Å². The molecule has 9 nitrogen and oxygen atoms in total. The molecule has 0 spiro atoms. The standard InChI is InChI=1S/C16H27N3O6S/c1-13(2,3)25-12(20)18-6-15-7-22-16(8-21-15,19-11(17)26)10-9(15)23-14(4,5)24-10/h9-10H,6-8H2,1-5H3,(H,18,20)(H3,17,19,26)/t9-,10+,15?,16?/m1/s1. The van der Waals surface area contributed by atoms with Crippen LogP contribution in [0.15, 0.2) is 0 Å². The largest absolute Gasteiger partial charge is 0.444 e. The Morgan fingerprint density at radius 2 is 1.88 bits per heavy atom. The number of carbonyl (C=O) groups excluding carboxylic acids is 1. The fourth-order valence-electron chi connectivity index (χ4n) is 3.49. The monoisotopic (exact) mass is 389 g/mol. The molecule has 4 rings (SSSR count). The van der Waals surface area contributed by atoms with Gasteiger partial charge < -0.3 is 40.1 Å². The van der Waals surface area contributed by atoms with E-state index in [0.717, 1.165) is 0 Å².